The maximum absolute atomic E-state index is 13.7. The lowest BCUT2D eigenvalue weighted by Gasteiger charge is -2.25. The maximum atomic E-state index is 13.7. The Kier molecular flexibility index (Phi) is 6.10. The number of nitro groups is 1. The molecule has 2 aromatic carbocycles. The summed E-state index contributed by atoms with van der Waals surface area (Å²) in [5.74, 6) is -0.00731. The van der Waals surface area contributed by atoms with Crippen LogP contribution in [0.1, 0.15) is 31.0 Å². The Hall–Kier alpha value is -3.96. The fourth-order valence-corrected chi connectivity index (χ4v) is 5.42. The highest BCUT2D eigenvalue weighted by atomic mass is 35.5. The predicted molar refractivity (Wildman–Crippen MR) is 131 cm³/mol. The number of nitrogens with zero attached hydrogens (tertiary/aromatic N) is 3. The lowest BCUT2D eigenvalue weighted by atomic mass is 9.96. The Morgan fingerprint density at radius 3 is 2.75 bits per heavy atom. The summed E-state index contributed by atoms with van der Waals surface area (Å²) in [6.45, 7) is 3.44. The molecule has 0 N–H and O–H groups in total. The molecule has 0 spiro atoms. The third kappa shape index (κ3) is 3.95. The van der Waals surface area contributed by atoms with Crippen LogP contribution in [0.4, 0.5) is 5.69 Å². The minimum atomic E-state index is -0.886. The van der Waals surface area contributed by atoms with E-state index in [9.17, 15) is 19.7 Å². The van der Waals surface area contributed by atoms with Crippen LogP contribution in [0.2, 0.25) is 5.02 Å². The summed E-state index contributed by atoms with van der Waals surface area (Å²) < 4.78 is 17.4. The average Bonchev–Trinajstić information content (AvgIpc) is 3.42. The van der Waals surface area contributed by atoms with Gasteiger partial charge in [-0.2, -0.15) is 0 Å². The van der Waals surface area contributed by atoms with Gasteiger partial charge in [-0.25, -0.2) is 9.79 Å². The third-order valence-electron chi connectivity index (χ3n) is 5.72. The predicted octanol–water partition coefficient (Wildman–Crippen LogP) is 3.09. The molecular weight excluding hydrogens is 510 g/mol. The molecular formula is C24H18ClN3O7S. The van der Waals surface area contributed by atoms with Gasteiger partial charge in [-0.1, -0.05) is 41.1 Å². The van der Waals surface area contributed by atoms with Crippen molar-refractivity contribution in [3.63, 3.8) is 0 Å². The van der Waals surface area contributed by atoms with Gasteiger partial charge in [0.2, 0.25) is 6.79 Å². The second kappa shape index (κ2) is 9.25. The minimum Gasteiger partial charge on any atom is -0.463 e. The summed E-state index contributed by atoms with van der Waals surface area (Å²) in [4.78, 5) is 42.6. The number of hydrogen-bond acceptors (Lipinski definition) is 9. The number of carbonyl (C=O) groups excluding carboxylic acids is 1. The zero-order valence-corrected chi connectivity index (χ0v) is 20.6. The van der Waals surface area contributed by atoms with Gasteiger partial charge in [-0.15, -0.1) is 0 Å². The van der Waals surface area contributed by atoms with Crippen LogP contribution in [0.15, 0.2) is 57.5 Å². The van der Waals surface area contributed by atoms with E-state index in [1.165, 1.54) is 22.8 Å². The molecule has 1 aromatic heterocycles. The Morgan fingerprint density at radius 1 is 1.33 bits per heavy atom. The van der Waals surface area contributed by atoms with Crippen molar-refractivity contribution in [1.82, 2.24) is 4.57 Å². The smallest absolute Gasteiger partial charge is 0.338 e. The Bertz CT molecular complexity index is 1640. The molecule has 0 fully saturated rings. The van der Waals surface area contributed by atoms with Gasteiger partial charge in [-0.3, -0.25) is 19.5 Å². The first-order valence-corrected chi connectivity index (χ1v) is 12.0. The molecule has 3 heterocycles. The van der Waals surface area contributed by atoms with Gasteiger partial charge in [0.25, 0.3) is 11.2 Å². The van der Waals surface area contributed by atoms with Crippen LogP contribution >= 0.6 is 22.9 Å². The molecule has 5 rings (SSSR count). The van der Waals surface area contributed by atoms with Gasteiger partial charge >= 0.3 is 5.97 Å². The molecule has 0 unspecified atom stereocenters. The molecule has 36 heavy (non-hydrogen) atoms. The largest absolute Gasteiger partial charge is 0.463 e. The van der Waals surface area contributed by atoms with Crippen LogP contribution < -0.4 is 24.4 Å². The number of fused-ring (bicyclic) bond motifs is 2. The molecule has 1 atom stereocenters. The number of nitro benzene ring substituents is 1. The molecule has 0 amide bonds. The molecule has 0 saturated heterocycles. The van der Waals surface area contributed by atoms with Gasteiger partial charge in [0.1, 0.15) is 6.04 Å². The Labute approximate surface area is 212 Å². The number of hydrogen-bond donors (Lipinski definition) is 0. The van der Waals surface area contributed by atoms with Crippen molar-refractivity contribution in [2.75, 3.05) is 13.4 Å². The molecule has 12 heteroatoms. The van der Waals surface area contributed by atoms with E-state index < -0.39 is 22.5 Å². The topological polar surface area (TPSA) is 122 Å². The number of benzene rings is 2. The molecule has 0 aliphatic carbocycles. The van der Waals surface area contributed by atoms with Crippen LogP contribution in [-0.4, -0.2) is 28.9 Å². The van der Waals surface area contributed by atoms with Crippen LogP contribution in [0.5, 0.6) is 11.5 Å². The first-order chi connectivity index (χ1) is 17.3. The molecule has 3 aromatic rings. The van der Waals surface area contributed by atoms with E-state index in [1.54, 1.807) is 38.1 Å². The number of thiazole rings is 1. The van der Waals surface area contributed by atoms with E-state index >= 15 is 0 Å². The number of esters is 1. The quantitative estimate of drug-likeness (QED) is 0.284. The molecule has 2 aliphatic heterocycles. The summed E-state index contributed by atoms with van der Waals surface area (Å²) in [5, 5.41) is 12.1. The minimum absolute atomic E-state index is 0.0497. The first kappa shape index (κ1) is 23.8. The second-order valence-corrected chi connectivity index (χ2v) is 9.26. The number of rotatable bonds is 5. The highest BCUT2D eigenvalue weighted by Gasteiger charge is 2.34. The van der Waals surface area contributed by atoms with Gasteiger partial charge in [0, 0.05) is 5.02 Å². The van der Waals surface area contributed by atoms with E-state index in [2.05, 4.69) is 4.99 Å². The fourth-order valence-electron chi connectivity index (χ4n) is 4.14. The molecule has 10 nitrogen and oxygen atoms in total. The second-order valence-electron chi connectivity index (χ2n) is 7.85. The molecule has 0 bridgehead atoms. The van der Waals surface area contributed by atoms with Gasteiger partial charge in [0.15, 0.2) is 16.3 Å². The van der Waals surface area contributed by atoms with Crippen molar-refractivity contribution >= 4 is 40.7 Å². The Morgan fingerprint density at radius 2 is 2.06 bits per heavy atom. The average molecular weight is 528 g/mol. The van der Waals surface area contributed by atoms with Crippen molar-refractivity contribution < 1.29 is 23.9 Å². The van der Waals surface area contributed by atoms with E-state index in [0.29, 0.717) is 26.8 Å². The molecule has 184 valence electrons. The van der Waals surface area contributed by atoms with E-state index in [4.69, 9.17) is 25.8 Å². The first-order valence-electron chi connectivity index (χ1n) is 10.8. The number of halogens is 1. The highest BCUT2D eigenvalue weighted by molar-refractivity contribution is 7.07. The summed E-state index contributed by atoms with van der Waals surface area (Å²) >= 11 is 7.54. The standard InChI is InChI=1S/C24H18ClN3O7S/c1-3-33-23(30)20-12(2)26-24-27(21(20)14-6-4-5-7-15(14)25)22(29)19(36-24)9-13-8-17-18(35-11-34-17)10-16(13)28(31)32/h4-10,21H,3,11H2,1-2H3/b19-9-/t21-/m0/s1. The zero-order chi connectivity index (χ0) is 25.6. The lowest BCUT2D eigenvalue weighted by Crippen LogP contribution is -2.40. The van der Waals surface area contributed by atoms with Crippen LogP contribution in [0.3, 0.4) is 0 Å². The monoisotopic (exact) mass is 527 g/mol. The van der Waals surface area contributed by atoms with Crippen LogP contribution in [0.25, 0.3) is 6.08 Å². The summed E-state index contributed by atoms with van der Waals surface area (Å²) in [6.07, 6.45) is 1.41. The number of allylic oxidation sites excluding steroid dienone is 1. The van der Waals surface area contributed by atoms with Crippen LogP contribution in [0, 0.1) is 10.1 Å². The van der Waals surface area contributed by atoms with Crippen molar-refractivity contribution in [2.45, 2.75) is 19.9 Å². The van der Waals surface area contributed by atoms with Crippen molar-refractivity contribution in [2.24, 2.45) is 4.99 Å². The SMILES string of the molecule is CCOC(=O)C1=C(C)N=c2s/c(=C\c3cc4c(cc3[N+](=O)[O-])OCO4)c(=O)n2[C@H]1c1ccccc1Cl. The van der Waals surface area contributed by atoms with Gasteiger partial charge < -0.3 is 14.2 Å². The summed E-state index contributed by atoms with van der Waals surface area (Å²) in [5.41, 5.74) is 0.558. The van der Waals surface area contributed by atoms with Crippen molar-refractivity contribution in [3.8, 4) is 11.5 Å². The summed E-state index contributed by atoms with van der Waals surface area (Å²) in [7, 11) is 0. The number of ether oxygens (including phenoxy) is 3. The Balaban J connectivity index is 1.75. The number of aromatic nitrogens is 1. The molecule has 0 saturated carbocycles. The van der Waals surface area contributed by atoms with E-state index in [0.717, 1.165) is 11.3 Å². The molecule has 0 radical (unpaired) electrons. The lowest BCUT2D eigenvalue weighted by molar-refractivity contribution is -0.385. The third-order valence-corrected chi connectivity index (χ3v) is 7.05. The summed E-state index contributed by atoms with van der Waals surface area (Å²) in [6, 6.07) is 8.73. The van der Waals surface area contributed by atoms with E-state index in [1.807, 2.05) is 0 Å². The van der Waals surface area contributed by atoms with Gasteiger partial charge in [0.05, 0.1) is 39.0 Å². The zero-order valence-electron chi connectivity index (χ0n) is 19.0. The van der Waals surface area contributed by atoms with E-state index in [-0.39, 0.29) is 40.5 Å². The van der Waals surface area contributed by atoms with Crippen molar-refractivity contribution in [3.05, 3.63) is 93.6 Å². The normalized spacial score (nSPS) is 16.5. The fraction of sp³-hybridized carbons (Fsp3) is 0.208. The molecule has 2 aliphatic rings. The maximum Gasteiger partial charge on any atom is 0.338 e. The van der Waals surface area contributed by atoms with Gasteiger partial charge in [-0.05, 0) is 37.6 Å². The van der Waals surface area contributed by atoms with Crippen molar-refractivity contribution in [1.29, 1.82) is 0 Å². The highest BCUT2D eigenvalue weighted by Crippen LogP contribution is 2.38. The van der Waals surface area contributed by atoms with Crippen LogP contribution in [-0.2, 0) is 9.53 Å². The number of carbonyl (C=O) groups is 1.